The average Bonchev–Trinajstić information content (AvgIpc) is 2.87. The first kappa shape index (κ1) is 13.9. The highest BCUT2D eigenvalue weighted by molar-refractivity contribution is 9.10. The van der Waals surface area contributed by atoms with Gasteiger partial charge in [-0.2, -0.15) is 0 Å². The van der Waals surface area contributed by atoms with Gasteiger partial charge in [-0.1, -0.05) is 35.7 Å². The normalized spacial score (nSPS) is 18.4. The van der Waals surface area contributed by atoms with Crippen molar-refractivity contribution in [2.75, 3.05) is 6.54 Å². The highest BCUT2D eigenvalue weighted by Gasteiger charge is 2.27. The number of phenolic OH excluding ortho intramolecular Hbond substituents is 1. The highest BCUT2D eigenvalue weighted by Crippen LogP contribution is 2.35. The average molecular weight is 312 g/mol. The molecule has 1 aromatic carbocycles. The van der Waals surface area contributed by atoms with Crippen LogP contribution >= 0.6 is 15.9 Å². The maximum absolute atomic E-state index is 10.0. The zero-order valence-electron chi connectivity index (χ0n) is 11.2. The van der Waals surface area contributed by atoms with E-state index < -0.39 is 0 Å². The first-order chi connectivity index (χ1) is 8.63. The van der Waals surface area contributed by atoms with Crippen LogP contribution in [0.1, 0.15) is 51.1 Å². The van der Waals surface area contributed by atoms with Gasteiger partial charge in [0, 0.05) is 22.1 Å². The molecule has 100 valence electrons. The third-order valence-corrected chi connectivity index (χ3v) is 4.59. The van der Waals surface area contributed by atoms with E-state index in [-0.39, 0.29) is 6.04 Å². The van der Waals surface area contributed by atoms with E-state index in [1.165, 1.54) is 25.7 Å². The summed E-state index contributed by atoms with van der Waals surface area (Å²) in [4.78, 5) is 2.52. The van der Waals surface area contributed by atoms with Gasteiger partial charge in [-0.15, -0.1) is 0 Å². The summed E-state index contributed by atoms with van der Waals surface area (Å²) in [5.41, 5.74) is 1.03. The molecule has 1 unspecified atom stereocenters. The molecule has 1 atom stereocenters. The standard InChI is InChI=1S/C15H22BrNO/c1-3-17(13-6-4-5-7-13)11(2)14-10-12(16)8-9-15(14)18/h8-11,13,18H,3-7H2,1-2H3. The number of rotatable bonds is 4. The number of halogens is 1. The third-order valence-electron chi connectivity index (χ3n) is 4.10. The molecular weight excluding hydrogens is 290 g/mol. The van der Waals surface area contributed by atoms with E-state index in [9.17, 15) is 5.11 Å². The minimum Gasteiger partial charge on any atom is -0.508 e. The monoisotopic (exact) mass is 311 g/mol. The highest BCUT2D eigenvalue weighted by atomic mass is 79.9. The maximum atomic E-state index is 10.0. The Morgan fingerprint density at radius 1 is 1.39 bits per heavy atom. The Balaban J connectivity index is 2.21. The molecule has 0 radical (unpaired) electrons. The Kier molecular flexibility index (Phi) is 4.68. The SMILES string of the molecule is CCN(C1CCCC1)C(C)c1cc(Br)ccc1O. The van der Waals surface area contributed by atoms with Crippen LogP contribution in [0.5, 0.6) is 5.75 Å². The van der Waals surface area contributed by atoms with Crippen molar-refractivity contribution in [3.63, 3.8) is 0 Å². The Morgan fingerprint density at radius 3 is 2.67 bits per heavy atom. The van der Waals surface area contributed by atoms with Gasteiger partial charge >= 0.3 is 0 Å². The predicted octanol–water partition coefficient (Wildman–Crippen LogP) is 4.48. The zero-order valence-corrected chi connectivity index (χ0v) is 12.8. The summed E-state index contributed by atoms with van der Waals surface area (Å²) >= 11 is 3.49. The van der Waals surface area contributed by atoms with Crippen LogP contribution in [0, 0.1) is 0 Å². The second-order valence-corrected chi connectivity index (χ2v) is 6.06. The first-order valence-corrected chi connectivity index (χ1v) is 7.67. The van der Waals surface area contributed by atoms with Gasteiger partial charge in [0.2, 0.25) is 0 Å². The fourth-order valence-electron chi connectivity index (χ4n) is 3.12. The minimum absolute atomic E-state index is 0.274. The number of benzene rings is 1. The van der Waals surface area contributed by atoms with Crippen molar-refractivity contribution in [1.29, 1.82) is 0 Å². The summed E-state index contributed by atoms with van der Waals surface area (Å²) < 4.78 is 1.03. The van der Waals surface area contributed by atoms with E-state index >= 15 is 0 Å². The lowest BCUT2D eigenvalue weighted by Crippen LogP contribution is -2.35. The summed E-state index contributed by atoms with van der Waals surface area (Å²) in [6.07, 6.45) is 5.29. The van der Waals surface area contributed by atoms with E-state index in [4.69, 9.17) is 0 Å². The number of nitrogens with zero attached hydrogens (tertiary/aromatic N) is 1. The Bertz CT molecular complexity index is 401. The topological polar surface area (TPSA) is 23.5 Å². The maximum Gasteiger partial charge on any atom is 0.120 e. The summed E-state index contributed by atoms with van der Waals surface area (Å²) in [6, 6.07) is 6.66. The van der Waals surface area contributed by atoms with Gasteiger partial charge in [0.15, 0.2) is 0 Å². The number of phenols is 1. The van der Waals surface area contributed by atoms with Crippen LogP contribution < -0.4 is 0 Å². The van der Waals surface area contributed by atoms with E-state index in [2.05, 4.69) is 34.7 Å². The fraction of sp³-hybridized carbons (Fsp3) is 0.600. The fourth-order valence-corrected chi connectivity index (χ4v) is 3.50. The van der Waals surface area contributed by atoms with Crippen LogP contribution in [0.15, 0.2) is 22.7 Å². The van der Waals surface area contributed by atoms with Gasteiger partial charge in [-0.3, -0.25) is 4.90 Å². The molecule has 0 saturated heterocycles. The lowest BCUT2D eigenvalue weighted by atomic mass is 10.0. The number of hydrogen-bond donors (Lipinski definition) is 1. The van der Waals surface area contributed by atoms with Crippen molar-refractivity contribution in [3.05, 3.63) is 28.2 Å². The van der Waals surface area contributed by atoms with Gasteiger partial charge in [0.25, 0.3) is 0 Å². The van der Waals surface area contributed by atoms with Crippen LogP contribution in [0.3, 0.4) is 0 Å². The molecule has 0 bridgehead atoms. The molecule has 2 nitrogen and oxygen atoms in total. The van der Waals surface area contributed by atoms with E-state index in [0.29, 0.717) is 11.8 Å². The second kappa shape index (κ2) is 6.07. The molecule has 2 rings (SSSR count). The van der Waals surface area contributed by atoms with Gasteiger partial charge in [0.05, 0.1) is 0 Å². The second-order valence-electron chi connectivity index (χ2n) is 5.15. The van der Waals surface area contributed by atoms with Crippen LogP contribution in [0.4, 0.5) is 0 Å². The van der Waals surface area contributed by atoms with Gasteiger partial charge in [-0.05, 0) is 44.5 Å². The van der Waals surface area contributed by atoms with Crippen molar-refractivity contribution >= 4 is 15.9 Å². The van der Waals surface area contributed by atoms with E-state index in [1.807, 2.05) is 12.1 Å². The smallest absolute Gasteiger partial charge is 0.120 e. The molecule has 1 saturated carbocycles. The molecule has 0 aromatic heterocycles. The molecule has 1 N–H and O–H groups in total. The minimum atomic E-state index is 0.274. The molecule has 0 aliphatic heterocycles. The van der Waals surface area contributed by atoms with Crippen molar-refractivity contribution in [2.45, 2.75) is 51.6 Å². The van der Waals surface area contributed by atoms with Crippen LogP contribution in [0.25, 0.3) is 0 Å². The van der Waals surface area contributed by atoms with Crippen LogP contribution in [-0.2, 0) is 0 Å². The first-order valence-electron chi connectivity index (χ1n) is 6.87. The number of aromatic hydroxyl groups is 1. The largest absolute Gasteiger partial charge is 0.508 e. The molecule has 1 fully saturated rings. The summed E-state index contributed by atoms with van der Waals surface area (Å²) in [5.74, 6) is 0.405. The molecule has 0 amide bonds. The zero-order chi connectivity index (χ0) is 13.1. The van der Waals surface area contributed by atoms with Crippen LogP contribution in [0.2, 0.25) is 0 Å². The molecular formula is C15H22BrNO. The molecule has 18 heavy (non-hydrogen) atoms. The molecule has 0 spiro atoms. The van der Waals surface area contributed by atoms with E-state index in [0.717, 1.165) is 16.6 Å². The summed E-state index contributed by atoms with van der Waals surface area (Å²) in [6.45, 7) is 5.45. The Morgan fingerprint density at radius 2 is 2.06 bits per heavy atom. The summed E-state index contributed by atoms with van der Waals surface area (Å²) in [5, 5.41) is 10.0. The molecule has 0 heterocycles. The number of hydrogen-bond acceptors (Lipinski definition) is 2. The predicted molar refractivity (Wildman–Crippen MR) is 78.9 cm³/mol. The molecule has 1 aliphatic carbocycles. The molecule has 1 aliphatic rings. The van der Waals surface area contributed by atoms with Crippen LogP contribution in [-0.4, -0.2) is 22.6 Å². The lowest BCUT2D eigenvalue weighted by molar-refractivity contribution is 0.152. The quantitative estimate of drug-likeness (QED) is 0.886. The van der Waals surface area contributed by atoms with Gasteiger partial charge in [0.1, 0.15) is 5.75 Å². The van der Waals surface area contributed by atoms with Crippen molar-refractivity contribution in [2.24, 2.45) is 0 Å². The third kappa shape index (κ3) is 2.89. The Labute approximate surface area is 118 Å². The van der Waals surface area contributed by atoms with Crippen molar-refractivity contribution < 1.29 is 5.11 Å². The van der Waals surface area contributed by atoms with Gasteiger partial charge in [-0.25, -0.2) is 0 Å². The van der Waals surface area contributed by atoms with Gasteiger partial charge < -0.3 is 5.11 Å². The van der Waals surface area contributed by atoms with Crippen molar-refractivity contribution in [1.82, 2.24) is 4.90 Å². The van der Waals surface area contributed by atoms with Crippen molar-refractivity contribution in [3.8, 4) is 5.75 Å². The lowest BCUT2D eigenvalue weighted by Gasteiger charge is -2.34. The molecule has 1 aromatic rings. The Hall–Kier alpha value is -0.540. The summed E-state index contributed by atoms with van der Waals surface area (Å²) in [7, 11) is 0. The van der Waals surface area contributed by atoms with E-state index in [1.54, 1.807) is 6.07 Å². The molecule has 3 heteroatoms.